The molecule has 3 nitrogen and oxygen atoms in total. The van der Waals surface area contributed by atoms with Gasteiger partial charge < -0.3 is 10.6 Å². The molecule has 0 aromatic carbocycles. The van der Waals surface area contributed by atoms with Crippen LogP contribution in [0.2, 0.25) is 0 Å². The van der Waals surface area contributed by atoms with Crippen LogP contribution in [0, 0.1) is 0 Å². The maximum atomic E-state index is 4.72. The van der Waals surface area contributed by atoms with E-state index >= 15 is 0 Å². The third kappa shape index (κ3) is 6.53. The lowest BCUT2D eigenvalue weighted by Gasteiger charge is -1.81. The zero-order chi connectivity index (χ0) is 6.95. The molecule has 0 aliphatic carbocycles. The molecule has 0 aromatic heterocycles. The molecule has 0 aromatic rings. The summed E-state index contributed by atoms with van der Waals surface area (Å²) in [5, 5.41) is 3.08. The van der Waals surface area contributed by atoms with Crippen molar-refractivity contribution in [3.8, 4) is 0 Å². The number of hydrogen-bond acceptors (Lipinski definition) is 3. The van der Waals surface area contributed by atoms with Crippen molar-refractivity contribution in [3.05, 3.63) is 30.7 Å². The molecule has 0 fully saturated rings. The van der Waals surface area contributed by atoms with Crippen molar-refractivity contribution in [2.75, 3.05) is 0 Å². The molecule has 0 unspecified atom stereocenters. The van der Waals surface area contributed by atoms with Crippen LogP contribution < -0.4 is 5.84 Å². The predicted octanol–water partition coefficient (Wildman–Crippen LogP) is 0.760. The summed E-state index contributed by atoms with van der Waals surface area (Å²) in [6, 6.07) is 0. The molecule has 9 heavy (non-hydrogen) atoms. The van der Waals surface area contributed by atoms with Gasteiger partial charge in [0, 0.05) is 0 Å². The summed E-state index contributed by atoms with van der Waals surface area (Å²) in [6.45, 7) is 3.33. The highest BCUT2D eigenvalue weighted by Crippen LogP contribution is 1.73. The Balaban J connectivity index is 3.36. The van der Waals surface area contributed by atoms with E-state index in [-0.39, 0.29) is 0 Å². The first-order valence-electron chi connectivity index (χ1n) is 2.30. The van der Waals surface area contributed by atoms with Gasteiger partial charge in [-0.25, -0.2) is 0 Å². The molecular weight excluding hydrogens is 116 g/mol. The molecule has 0 aliphatic heterocycles. The van der Waals surface area contributed by atoms with Crippen molar-refractivity contribution in [1.82, 2.24) is 0 Å². The zero-order valence-corrected chi connectivity index (χ0v) is 4.95. The van der Waals surface area contributed by atoms with Crippen molar-refractivity contribution >= 4 is 6.40 Å². The molecule has 0 saturated heterocycles. The lowest BCUT2D eigenvalue weighted by Crippen LogP contribution is -1.82. The van der Waals surface area contributed by atoms with Crippen LogP contribution >= 0.6 is 0 Å². The average Bonchev–Trinajstić information content (AvgIpc) is 1.89. The Bertz CT molecular complexity index is 154. The third-order valence-corrected chi connectivity index (χ3v) is 0.493. The number of nitrogens with two attached hydrogens (primary N) is 1. The van der Waals surface area contributed by atoms with Crippen LogP contribution in [-0.4, -0.2) is 6.40 Å². The Hall–Kier alpha value is -1.47. The summed E-state index contributed by atoms with van der Waals surface area (Å²) in [4.78, 5) is 0. The quantitative estimate of drug-likeness (QED) is 0.115. The number of rotatable bonds is 3. The molecule has 0 atom stereocenters. The minimum atomic E-state index is 1.12. The summed E-state index contributed by atoms with van der Waals surface area (Å²) < 4.78 is 4.59. The molecule has 0 radical (unpaired) electrons. The molecule has 2 N–H and O–H groups in total. The Morgan fingerprint density at radius 1 is 1.67 bits per heavy atom. The number of nitrogens with zero attached hydrogens (tertiary/aromatic N) is 1. The summed E-state index contributed by atoms with van der Waals surface area (Å²) in [7, 11) is 0. The fraction of sp³-hybridized carbons (Fsp3) is 0. The Morgan fingerprint density at radius 3 is 3.00 bits per heavy atom. The monoisotopic (exact) mass is 124 g/mol. The SMILES string of the molecule is C=C=C/C=C/O/C=N\N. The number of hydrogen-bond donors (Lipinski definition) is 1. The average molecular weight is 124 g/mol. The lowest BCUT2D eigenvalue weighted by molar-refractivity contribution is 0.492. The number of hydrazone groups is 1. The highest BCUT2D eigenvalue weighted by molar-refractivity contribution is 5.46. The van der Waals surface area contributed by atoms with Crippen molar-refractivity contribution in [3.63, 3.8) is 0 Å². The fourth-order valence-corrected chi connectivity index (χ4v) is 0.223. The van der Waals surface area contributed by atoms with Gasteiger partial charge in [-0.2, -0.15) is 5.10 Å². The number of ether oxygens (including phenoxy) is 1. The van der Waals surface area contributed by atoms with E-state index < -0.39 is 0 Å². The van der Waals surface area contributed by atoms with Crippen LogP contribution in [0.4, 0.5) is 0 Å². The van der Waals surface area contributed by atoms with E-state index in [1.54, 1.807) is 12.2 Å². The molecule has 0 heterocycles. The Kier molecular flexibility index (Phi) is 5.46. The van der Waals surface area contributed by atoms with E-state index in [1.165, 1.54) is 6.26 Å². The minimum Gasteiger partial charge on any atom is -0.452 e. The molecule has 3 heteroatoms. The first-order valence-corrected chi connectivity index (χ1v) is 2.30. The second-order valence-corrected chi connectivity index (χ2v) is 1.09. The highest BCUT2D eigenvalue weighted by atomic mass is 16.5. The van der Waals surface area contributed by atoms with Crippen LogP contribution in [0.25, 0.3) is 0 Å². The Labute approximate surface area is 53.8 Å². The van der Waals surface area contributed by atoms with Crippen LogP contribution in [0.15, 0.2) is 35.8 Å². The van der Waals surface area contributed by atoms with Crippen molar-refractivity contribution in [1.29, 1.82) is 0 Å². The maximum Gasteiger partial charge on any atom is 0.197 e. The first-order chi connectivity index (χ1) is 4.41. The lowest BCUT2D eigenvalue weighted by atomic mass is 10.6. The molecule has 0 amide bonds. The van der Waals surface area contributed by atoms with Crippen molar-refractivity contribution in [2.24, 2.45) is 10.9 Å². The summed E-state index contributed by atoms with van der Waals surface area (Å²) >= 11 is 0. The van der Waals surface area contributed by atoms with Crippen molar-refractivity contribution in [2.45, 2.75) is 0 Å². The minimum absolute atomic E-state index is 1.12. The van der Waals surface area contributed by atoms with Crippen LogP contribution in [-0.2, 0) is 4.74 Å². The maximum absolute atomic E-state index is 4.72. The van der Waals surface area contributed by atoms with Crippen LogP contribution in [0.1, 0.15) is 0 Å². The predicted molar refractivity (Wildman–Crippen MR) is 36.6 cm³/mol. The first kappa shape index (κ1) is 7.53. The van der Waals surface area contributed by atoms with Crippen molar-refractivity contribution < 1.29 is 4.74 Å². The van der Waals surface area contributed by atoms with Gasteiger partial charge in [-0.3, -0.25) is 0 Å². The van der Waals surface area contributed by atoms with Gasteiger partial charge in [0.1, 0.15) is 0 Å². The van der Waals surface area contributed by atoms with E-state index in [1.807, 2.05) is 0 Å². The third-order valence-electron chi connectivity index (χ3n) is 0.493. The van der Waals surface area contributed by atoms with Gasteiger partial charge in [-0.05, 0) is 12.2 Å². The van der Waals surface area contributed by atoms with E-state index in [0.717, 1.165) is 6.40 Å². The Morgan fingerprint density at radius 2 is 2.44 bits per heavy atom. The van der Waals surface area contributed by atoms with Gasteiger partial charge in [-0.1, -0.05) is 6.58 Å². The van der Waals surface area contributed by atoms with Crippen LogP contribution in [0.3, 0.4) is 0 Å². The zero-order valence-electron chi connectivity index (χ0n) is 4.95. The molecule has 0 spiro atoms. The second-order valence-electron chi connectivity index (χ2n) is 1.09. The summed E-state index contributed by atoms with van der Waals surface area (Å²) in [5.74, 6) is 4.72. The standard InChI is InChI=1S/C6H8N2O/c1-2-3-4-5-9-6-8-7/h3-6H,1,7H2/b5-4+,8-6-. The van der Waals surface area contributed by atoms with Gasteiger partial charge in [0.2, 0.25) is 0 Å². The summed E-state index contributed by atoms with van der Waals surface area (Å²) in [6.07, 6.45) is 5.75. The normalized spacial score (nSPS) is 9.78. The van der Waals surface area contributed by atoms with E-state index in [0.29, 0.717) is 0 Å². The smallest absolute Gasteiger partial charge is 0.197 e. The molecular formula is C6H8N2O. The van der Waals surface area contributed by atoms with Gasteiger partial charge >= 0.3 is 0 Å². The van der Waals surface area contributed by atoms with E-state index in [2.05, 4.69) is 22.1 Å². The van der Waals surface area contributed by atoms with E-state index in [4.69, 9.17) is 5.84 Å². The van der Waals surface area contributed by atoms with Gasteiger partial charge in [0.05, 0.1) is 6.26 Å². The molecule has 48 valence electrons. The fourth-order valence-electron chi connectivity index (χ4n) is 0.223. The van der Waals surface area contributed by atoms with Gasteiger partial charge in [0.25, 0.3) is 0 Å². The second kappa shape index (κ2) is 6.53. The van der Waals surface area contributed by atoms with Crippen LogP contribution in [0.5, 0.6) is 0 Å². The molecule has 0 rings (SSSR count). The largest absolute Gasteiger partial charge is 0.452 e. The van der Waals surface area contributed by atoms with E-state index in [9.17, 15) is 0 Å². The summed E-state index contributed by atoms with van der Waals surface area (Å²) in [5.41, 5.74) is 2.53. The highest BCUT2D eigenvalue weighted by Gasteiger charge is 1.62. The molecule has 0 bridgehead atoms. The number of allylic oxidation sites excluding steroid dienone is 2. The molecule has 0 aliphatic rings. The van der Waals surface area contributed by atoms with Gasteiger partial charge in [-0.15, -0.1) is 5.73 Å². The van der Waals surface area contributed by atoms with Gasteiger partial charge in [0.15, 0.2) is 6.40 Å². The molecule has 0 saturated carbocycles. The topological polar surface area (TPSA) is 47.6 Å².